The maximum atomic E-state index is 3.36. The molecule has 2 N–H and O–H groups in total. The van der Waals surface area contributed by atoms with Crippen molar-refractivity contribution < 1.29 is 0 Å². The van der Waals surface area contributed by atoms with Gasteiger partial charge in [0.15, 0.2) is 0 Å². The van der Waals surface area contributed by atoms with Crippen molar-refractivity contribution in [2.24, 2.45) is 0 Å². The number of aromatic nitrogens is 1. The fourth-order valence-corrected chi connectivity index (χ4v) is 2.86. The first-order valence-corrected chi connectivity index (χ1v) is 6.51. The van der Waals surface area contributed by atoms with Gasteiger partial charge in [0.05, 0.1) is 0 Å². The van der Waals surface area contributed by atoms with Gasteiger partial charge in [0.1, 0.15) is 0 Å². The lowest BCUT2D eigenvalue weighted by molar-refractivity contribution is 1.02. The molecule has 2 heteroatoms. The number of allylic oxidation sites excluding steroid dienone is 1. The molecule has 1 aliphatic rings. The Bertz CT molecular complexity index is 768. The predicted molar refractivity (Wildman–Crippen MR) is 79.3 cm³/mol. The minimum atomic E-state index is 0.314. The van der Waals surface area contributed by atoms with Gasteiger partial charge in [-0.3, -0.25) is 0 Å². The Morgan fingerprint density at radius 2 is 1.68 bits per heavy atom. The van der Waals surface area contributed by atoms with Crippen LogP contribution in [0.3, 0.4) is 0 Å². The van der Waals surface area contributed by atoms with Crippen molar-refractivity contribution in [3.05, 3.63) is 78.1 Å². The molecule has 2 nitrogen and oxygen atoms in total. The molecule has 0 saturated carbocycles. The average molecular weight is 246 g/mol. The van der Waals surface area contributed by atoms with E-state index in [4.69, 9.17) is 0 Å². The zero-order valence-electron chi connectivity index (χ0n) is 10.4. The van der Waals surface area contributed by atoms with Gasteiger partial charge >= 0.3 is 0 Å². The van der Waals surface area contributed by atoms with Gasteiger partial charge in [-0.25, -0.2) is 0 Å². The maximum Gasteiger partial charge on any atom is 0.0457 e. The minimum Gasteiger partial charge on any atom is -0.362 e. The first-order chi connectivity index (χ1) is 9.43. The number of benzene rings is 2. The molecule has 19 heavy (non-hydrogen) atoms. The van der Waals surface area contributed by atoms with Gasteiger partial charge in [-0.1, -0.05) is 42.5 Å². The van der Waals surface area contributed by atoms with Crippen LogP contribution in [0.2, 0.25) is 0 Å². The third-order valence-electron chi connectivity index (χ3n) is 3.78. The monoisotopic (exact) mass is 246 g/mol. The van der Waals surface area contributed by atoms with Crippen molar-refractivity contribution in [2.45, 2.75) is 5.92 Å². The average Bonchev–Trinajstić information content (AvgIpc) is 2.90. The van der Waals surface area contributed by atoms with E-state index >= 15 is 0 Å². The fraction of sp³-hybridized carbons (Fsp3) is 0.0588. The second-order valence-corrected chi connectivity index (χ2v) is 4.86. The molecule has 3 aromatic rings. The summed E-state index contributed by atoms with van der Waals surface area (Å²) in [7, 11) is 0. The molecule has 2 heterocycles. The molecule has 0 bridgehead atoms. The van der Waals surface area contributed by atoms with Crippen LogP contribution >= 0.6 is 0 Å². The highest BCUT2D eigenvalue weighted by molar-refractivity contribution is 5.85. The van der Waals surface area contributed by atoms with E-state index in [9.17, 15) is 0 Å². The van der Waals surface area contributed by atoms with Crippen molar-refractivity contribution in [1.82, 2.24) is 4.98 Å². The molecule has 0 amide bonds. The van der Waals surface area contributed by atoms with Crippen LogP contribution in [-0.2, 0) is 0 Å². The second kappa shape index (κ2) is 4.02. The van der Waals surface area contributed by atoms with Gasteiger partial charge in [0.2, 0.25) is 0 Å². The Kier molecular flexibility index (Phi) is 2.21. The number of fused-ring (bicyclic) bond motifs is 2. The van der Waals surface area contributed by atoms with Gasteiger partial charge in [-0.05, 0) is 29.5 Å². The van der Waals surface area contributed by atoms with E-state index in [0.717, 1.165) is 0 Å². The van der Waals surface area contributed by atoms with Gasteiger partial charge in [0.25, 0.3) is 0 Å². The van der Waals surface area contributed by atoms with Crippen LogP contribution in [0.25, 0.3) is 10.9 Å². The lowest BCUT2D eigenvalue weighted by Gasteiger charge is -2.21. The molecular weight excluding hydrogens is 232 g/mol. The van der Waals surface area contributed by atoms with Crippen LogP contribution in [0, 0.1) is 0 Å². The van der Waals surface area contributed by atoms with Crippen LogP contribution < -0.4 is 5.32 Å². The fourth-order valence-electron chi connectivity index (χ4n) is 2.86. The highest BCUT2D eigenvalue weighted by Crippen LogP contribution is 2.37. The molecule has 1 unspecified atom stereocenters. The standard InChI is InChI=1S/C17H14N2/c1-3-7-16-13(5-1)12(9-10-18-16)15-11-19-17-8-4-2-6-14(15)17/h1-12,18-19H. The number of rotatable bonds is 1. The Morgan fingerprint density at radius 1 is 0.842 bits per heavy atom. The molecule has 0 radical (unpaired) electrons. The van der Waals surface area contributed by atoms with Crippen LogP contribution in [0.1, 0.15) is 17.0 Å². The molecule has 2 aromatic carbocycles. The van der Waals surface area contributed by atoms with E-state index in [-0.39, 0.29) is 0 Å². The summed E-state index contributed by atoms with van der Waals surface area (Å²) in [5.41, 5.74) is 5.05. The second-order valence-electron chi connectivity index (χ2n) is 4.86. The quantitative estimate of drug-likeness (QED) is 0.660. The number of H-pyrrole nitrogens is 1. The first kappa shape index (κ1) is 10.4. The lowest BCUT2D eigenvalue weighted by atomic mass is 9.88. The van der Waals surface area contributed by atoms with Crippen LogP contribution in [0.15, 0.2) is 67.0 Å². The molecule has 0 saturated heterocycles. The minimum absolute atomic E-state index is 0.314. The zero-order chi connectivity index (χ0) is 12.7. The summed E-state index contributed by atoms with van der Waals surface area (Å²) in [5.74, 6) is 0.314. The summed E-state index contributed by atoms with van der Waals surface area (Å²) in [5, 5.41) is 4.61. The first-order valence-electron chi connectivity index (χ1n) is 6.51. The van der Waals surface area contributed by atoms with E-state index in [0.29, 0.717) is 5.92 Å². The summed E-state index contributed by atoms with van der Waals surface area (Å²) in [6.45, 7) is 0. The summed E-state index contributed by atoms with van der Waals surface area (Å²) in [4.78, 5) is 3.36. The van der Waals surface area contributed by atoms with Crippen molar-refractivity contribution in [3.63, 3.8) is 0 Å². The van der Waals surface area contributed by atoms with Gasteiger partial charge < -0.3 is 10.3 Å². The Labute approximate surface area is 111 Å². The third-order valence-corrected chi connectivity index (χ3v) is 3.78. The van der Waals surface area contributed by atoms with E-state index in [1.54, 1.807) is 0 Å². The van der Waals surface area contributed by atoms with E-state index in [1.807, 2.05) is 6.20 Å². The highest BCUT2D eigenvalue weighted by atomic mass is 14.9. The molecule has 92 valence electrons. The molecular formula is C17H14N2. The number of para-hydroxylation sites is 2. The molecule has 1 atom stereocenters. The van der Waals surface area contributed by atoms with Crippen LogP contribution in [-0.4, -0.2) is 4.98 Å². The number of aromatic amines is 1. The van der Waals surface area contributed by atoms with E-state index < -0.39 is 0 Å². The van der Waals surface area contributed by atoms with Crippen molar-refractivity contribution in [3.8, 4) is 0 Å². The summed E-state index contributed by atoms with van der Waals surface area (Å²) < 4.78 is 0. The van der Waals surface area contributed by atoms with Gasteiger partial charge in [-0.2, -0.15) is 0 Å². The van der Waals surface area contributed by atoms with E-state index in [1.165, 1.54) is 27.7 Å². The maximum absolute atomic E-state index is 3.36. The number of hydrogen-bond donors (Lipinski definition) is 2. The van der Waals surface area contributed by atoms with E-state index in [2.05, 4.69) is 71.1 Å². The molecule has 1 aromatic heterocycles. The normalized spacial score (nSPS) is 17.2. The molecule has 0 aliphatic carbocycles. The van der Waals surface area contributed by atoms with Gasteiger partial charge in [0, 0.05) is 28.7 Å². The van der Waals surface area contributed by atoms with Crippen LogP contribution in [0.4, 0.5) is 5.69 Å². The highest BCUT2D eigenvalue weighted by Gasteiger charge is 2.20. The third kappa shape index (κ3) is 1.57. The van der Waals surface area contributed by atoms with Crippen molar-refractivity contribution >= 4 is 16.6 Å². The smallest absolute Gasteiger partial charge is 0.0457 e. The summed E-state index contributed by atoms with van der Waals surface area (Å²) in [6, 6.07) is 16.9. The number of anilines is 1. The number of hydrogen-bond acceptors (Lipinski definition) is 1. The Balaban J connectivity index is 1.93. The topological polar surface area (TPSA) is 27.8 Å². The SMILES string of the molecule is C1=CC(c2c[nH]c3ccccc23)c2ccccc2N1. The summed E-state index contributed by atoms with van der Waals surface area (Å²) in [6.07, 6.45) is 6.38. The predicted octanol–water partition coefficient (Wildman–Crippen LogP) is 4.24. The number of nitrogens with one attached hydrogen (secondary N) is 2. The summed E-state index contributed by atoms with van der Waals surface area (Å²) >= 11 is 0. The largest absolute Gasteiger partial charge is 0.362 e. The Morgan fingerprint density at radius 3 is 2.68 bits per heavy atom. The molecule has 0 spiro atoms. The lowest BCUT2D eigenvalue weighted by Crippen LogP contribution is -2.06. The Hall–Kier alpha value is -2.48. The molecule has 1 aliphatic heterocycles. The van der Waals surface area contributed by atoms with Crippen molar-refractivity contribution in [2.75, 3.05) is 5.32 Å². The van der Waals surface area contributed by atoms with Crippen molar-refractivity contribution in [1.29, 1.82) is 0 Å². The molecule has 0 fully saturated rings. The zero-order valence-corrected chi connectivity index (χ0v) is 10.4. The molecule has 4 rings (SSSR count). The van der Waals surface area contributed by atoms with Gasteiger partial charge in [-0.15, -0.1) is 0 Å². The van der Waals surface area contributed by atoms with Crippen LogP contribution in [0.5, 0.6) is 0 Å².